The summed E-state index contributed by atoms with van der Waals surface area (Å²) < 4.78 is 20.1. The molecule has 3 aromatic carbocycles. The van der Waals surface area contributed by atoms with Crippen LogP contribution in [0.5, 0.6) is 5.75 Å². The van der Waals surface area contributed by atoms with Crippen molar-refractivity contribution in [2.24, 2.45) is 0 Å². The molecule has 4 nitrogen and oxygen atoms in total. The second kappa shape index (κ2) is 10.6. The van der Waals surface area contributed by atoms with Crippen LogP contribution >= 0.6 is 76.7 Å². The summed E-state index contributed by atoms with van der Waals surface area (Å²) in [6.45, 7) is 1.90. The number of hydrogen-bond donors (Lipinski definition) is 0. The van der Waals surface area contributed by atoms with Crippen LogP contribution in [0.25, 0.3) is 0 Å². The fourth-order valence-corrected chi connectivity index (χ4v) is 6.82. The molecule has 0 aliphatic carbocycles. The summed E-state index contributed by atoms with van der Waals surface area (Å²) in [6.07, 6.45) is 0. The predicted octanol–water partition coefficient (Wildman–Crippen LogP) is 8.67. The number of rotatable bonds is 7. The maximum absolute atomic E-state index is 14.6. The molecule has 0 aliphatic rings. The minimum Gasteiger partial charge on any atom is -0.493 e. The molecule has 11 heteroatoms. The van der Waals surface area contributed by atoms with Crippen molar-refractivity contribution in [3.8, 4) is 5.75 Å². The third-order valence-corrected chi connectivity index (χ3v) is 9.87. The average Bonchev–Trinajstić information content (AvgIpc) is 2.80. The van der Waals surface area contributed by atoms with Crippen molar-refractivity contribution in [1.82, 2.24) is 0 Å². The van der Waals surface area contributed by atoms with Gasteiger partial charge in [0.25, 0.3) is 7.14 Å². The lowest BCUT2D eigenvalue weighted by molar-refractivity contribution is 0.104. The number of hydrogen-bond acceptors (Lipinski definition) is 4. The van der Waals surface area contributed by atoms with Crippen LogP contribution in [-0.4, -0.2) is 17.7 Å². The monoisotopic (exact) mass is 582 g/mol. The Morgan fingerprint density at radius 1 is 0.727 bits per heavy atom. The first-order valence-corrected chi connectivity index (χ1v) is 13.2. The maximum Gasteiger partial charge on any atom is 0.252 e. The standard InChI is InChI=1S/C22H13Cl6O4P/c1-2-32-15-5-3-4-6-16(15)33(31,21(29)11-7-9-13(23)19(27)17(11)25)22(30)12-8-10-14(24)20(28)18(12)26/h3-10H,2H2,1H3. The van der Waals surface area contributed by atoms with E-state index < -0.39 is 18.2 Å². The van der Waals surface area contributed by atoms with Crippen LogP contribution in [0.3, 0.4) is 0 Å². The Bertz CT molecular complexity index is 1250. The van der Waals surface area contributed by atoms with Crippen molar-refractivity contribution in [2.75, 3.05) is 6.61 Å². The molecular weight excluding hydrogens is 572 g/mol. The normalized spacial score (nSPS) is 11.4. The molecule has 0 atom stereocenters. The Morgan fingerprint density at radius 3 is 1.64 bits per heavy atom. The molecule has 0 unspecified atom stereocenters. The summed E-state index contributed by atoms with van der Waals surface area (Å²) in [6, 6.07) is 11.1. The van der Waals surface area contributed by atoms with E-state index in [0.29, 0.717) is 0 Å². The van der Waals surface area contributed by atoms with Gasteiger partial charge in [-0.2, -0.15) is 0 Å². The Hall–Kier alpha value is -1.23. The molecule has 0 radical (unpaired) electrons. The molecule has 0 spiro atoms. The highest BCUT2D eigenvalue weighted by Gasteiger charge is 2.46. The highest BCUT2D eigenvalue weighted by molar-refractivity contribution is 8.01. The number of para-hydroxylation sites is 1. The molecule has 33 heavy (non-hydrogen) atoms. The van der Waals surface area contributed by atoms with Gasteiger partial charge in [-0.3, -0.25) is 9.59 Å². The molecule has 0 aromatic heterocycles. The van der Waals surface area contributed by atoms with Crippen LogP contribution in [-0.2, 0) is 4.57 Å². The van der Waals surface area contributed by atoms with Gasteiger partial charge in [0.1, 0.15) is 5.75 Å². The highest BCUT2D eigenvalue weighted by atomic mass is 35.5. The van der Waals surface area contributed by atoms with Gasteiger partial charge in [-0.05, 0) is 43.3 Å². The van der Waals surface area contributed by atoms with E-state index >= 15 is 0 Å². The SMILES string of the molecule is CCOc1ccccc1P(=O)(C(=O)c1ccc(Cl)c(Cl)c1Cl)C(=O)c1ccc(Cl)c(Cl)c1Cl. The highest BCUT2D eigenvalue weighted by Crippen LogP contribution is 2.55. The van der Waals surface area contributed by atoms with Gasteiger partial charge in [-0.25, -0.2) is 0 Å². The first-order valence-electron chi connectivity index (χ1n) is 9.24. The lowest BCUT2D eigenvalue weighted by Crippen LogP contribution is -2.23. The largest absolute Gasteiger partial charge is 0.493 e. The van der Waals surface area contributed by atoms with Gasteiger partial charge in [-0.15, -0.1) is 0 Å². The molecule has 3 aromatic rings. The number of ether oxygens (including phenoxy) is 1. The number of carbonyl (C=O) groups is 2. The van der Waals surface area contributed by atoms with E-state index in [1.807, 2.05) is 0 Å². The first-order chi connectivity index (χ1) is 15.5. The van der Waals surface area contributed by atoms with E-state index in [1.54, 1.807) is 13.0 Å². The molecule has 0 saturated carbocycles. The zero-order valence-corrected chi connectivity index (χ0v) is 22.1. The summed E-state index contributed by atoms with van der Waals surface area (Å²) in [5.74, 6) is 0.0948. The van der Waals surface area contributed by atoms with Gasteiger partial charge in [0, 0.05) is 11.1 Å². The van der Waals surface area contributed by atoms with Crippen molar-refractivity contribution in [2.45, 2.75) is 6.92 Å². The van der Waals surface area contributed by atoms with Crippen LogP contribution in [0, 0.1) is 0 Å². The lowest BCUT2D eigenvalue weighted by atomic mass is 10.2. The topological polar surface area (TPSA) is 60.4 Å². The van der Waals surface area contributed by atoms with Crippen LogP contribution in [0.1, 0.15) is 27.6 Å². The molecule has 0 fully saturated rings. The number of halogens is 6. The van der Waals surface area contributed by atoms with Gasteiger partial charge in [0.05, 0.1) is 42.0 Å². The fourth-order valence-electron chi connectivity index (χ4n) is 3.03. The van der Waals surface area contributed by atoms with Crippen molar-refractivity contribution in [3.63, 3.8) is 0 Å². The lowest BCUT2D eigenvalue weighted by Gasteiger charge is -2.21. The predicted molar refractivity (Wildman–Crippen MR) is 136 cm³/mol. The third kappa shape index (κ3) is 4.81. The van der Waals surface area contributed by atoms with E-state index in [0.717, 1.165) is 0 Å². The van der Waals surface area contributed by atoms with Gasteiger partial charge in [0.2, 0.25) is 11.0 Å². The summed E-state index contributed by atoms with van der Waals surface area (Å²) in [4.78, 5) is 27.5. The molecule has 0 heterocycles. The average molecular weight is 585 g/mol. The van der Waals surface area contributed by atoms with Gasteiger partial charge in [-0.1, -0.05) is 81.7 Å². The maximum atomic E-state index is 14.6. The van der Waals surface area contributed by atoms with Gasteiger partial charge >= 0.3 is 0 Å². The van der Waals surface area contributed by atoms with E-state index in [9.17, 15) is 14.2 Å². The fraction of sp³-hybridized carbons (Fsp3) is 0.0909. The van der Waals surface area contributed by atoms with Crippen molar-refractivity contribution in [1.29, 1.82) is 0 Å². The van der Waals surface area contributed by atoms with Crippen LogP contribution in [0.2, 0.25) is 30.1 Å². The smallest absolute Gasteiger partial charge is 0.252 e. The quantitative estimate of drug-likeness (QED) is 0.206. The molecule has 0 N–H and O–H groups in total. The van der Waals surface area contributed by atoms with Crippen molar-refractivity contribution in [3.05, 3.63) is 89.8 Å². The van der Waals surface area contributed by atoms with E-state index in [2.05, 4.69) is 0 Å². The van der Waals surface area contributed by atoms with Crippen molar-refractivity contribution < 1.29 is 18.9 Å². The van der Waals surface area contributed by atoms with Crippen LogP contribution in [0.4, 0.5) is 0 Å². The molecule has 172 valence electrons. The summed E-state index contributed by atoms with van der Waals surface area (Å²) in [5, 5.41) is -0.662. The number of carbonyl (C=O) groups excluding carboxylic acids is 2. The Balaban J connectivity index is 2.35. The zero-order valence-electron chi connectivity index (χ0n) is 16.7. The first kappa shape index (κ1) is 26.4. The number of benzene rings is 3. The second-order valence-corrected chi connectivity index (χ2v) is 11.4. The molecule has 0 saturated heterocycles. The van der Waals surface area contributed by atoms with E-state index in [-0.39, 0.29) is 58.9 Å². The minimum atomic E-state index is -4.66. The summed E-state index contributed by atoms with van der Waals surface area (Å²) in [5.41, 5.74) is -2.62. The molecule has 0 bridgehead atoms. The Morgan fingerprint density at radius 2 is 1.18 bits per heavy atom. The van der Waals surface area contributed by atoms with Crippen LogP contribution < -0.4 is 10.0 Å². The molecular formula is C22H13Cl6O4P. The van der Waals surface area contributed by atoms with E-state index in [1.165, 1.54) is 42.5 Å². The van der Waals surface area contributed by atoms with Gasteiger partial charge < -0.3 is 9.30 Å². The minimum absolute atomic E-state index is 0.0848. The molecule has 3 rings (SSSR count). The summed E-state index contributed by atoms with van der Waals surface area (Å²) >= 11 is 36.6. The third-order valence-electron chi connectivity index (χ3n) is 4.61. The molecule has 0 amide bonds. The van der Waals surface area contributed by atoms with Gasteiger partial charge in [0.15, 0.2) is 0 Å². The van der Waals surface area contributed by atoms with E-state index in [4.69, 9.17) is 74.3 Å². The Kier molecular flexibility index (Phi) is 8.46. The zero-order chi connectivity index (χ0) is 24.5. The Labute approximate surface area is 220 Å². The second-order valence-electron chi connectivity index (χ2n) is 6.57. The van der Waals surface area contributed by atoms with Crippen molar-refractivity contribution >= 4 is 93.1 Å². The summed E-state index contributed by atoms with van der Waals surface area (Å²) in [7, 11) is -4.66. The van der Waals surface area contributed by atoms with Crippen LogP contribution in [0.15, 0.2) is 48.5 Å². The molecule has 0 aliphatic heterocycles.